The van der Waals surface area contributed by atoms with Gasteiger partial charge < -0.3 is 10.2 Å². The second-order valence-corrected chi connectivity index (χ2v) is 6.20. The second kappa shape index (κ2) is 6.30. The van der Waals surface area contributed by atoms with Crippen LogP contribution >= 0.6 is 0 Å². The van der Waals surface area contributed by atoms with Gasteiger partial charge in [0, 0.05) is 18.8 Å². The Morgan fingerprint density at radius 1 is 1.14 bits per heavy atom. The van der Waals surface area contributed by atoms with Gasteiger partial charge in [-0.2, -0.15) is 10.1 Å². The van der Waals surface area contributed by atoms with Crippen LogP contribution < -0.4 is 10.2 Å². The van der Waals surface area contributed by atoms with E-state index in [9.17, 15) is 0 Å². The maximum atomic E-state index is 4.64. The molecule has 0 saturated carbocycles. The highest BCUT2D eigenvalue weighted by atomic mass is 15.3. The minimum Gasteiger partial charge on any atom is -0.339 e. The minimum atomic E-state index is 0.725. The Morgan fingerprint density at radius 3 is 2.50 bits per heavy atom. The van der Waals surface area contributed by atoms with Gasteiger partial charge in [-0.3, -0.25) is 0 Å². The molecule has 0 unspecified atom stereocenters. The number of hydrogen-bond donors (Lipinski definition) is 1. The van der Waals surface area contributed by atoms with Crippen molar-refractivity contribution in [3.63, 3.8) is 0 Å². The van der Waals surface area contributed by atoms with E-state index in [-0.39, 0.29) is 0 Å². The number of anilines is 3. The predicted octanol–water partition coefficient (Wildman–Crippen LogP) is 3.47. The summed E-state index contributed by atoms with van der Waals surface area (Å²) in [4.78, 5) is 6.87. The number of hydrogen-bond acceptors (Lipinski definition) is 5. The van der Waals surface area contributed by atoms with E-state index in [1.807, 2.05) is 0 Å². The van der Waals surface area contributed by atoms with E-state index in [0.29, 0.717) is 0 Å². The average molecular weight is 297 g/mol. The molecule has 0 radical (unpaired) electrons. The lowest BCUT2D eigenvalue weighted by Crippen LogP contribution is -2.34. The molecule has 1 aliphatic rings. The molecule has 5 heteroatoms. The molecule has 0 bridgehead atoms. The molecule has 1 aliphatic heterocycles. The summed E-state index contributed by atoms with van der Waals surface area (Å²) in [5.74, 6) is 2.27. The lowest BCUT2D eigenvalue weighted by Gasteiger charge is -2.29. The number of aryl methyl sites for hydroxylation is 2. The van der Waals surface area contributed by atoms with Gasteiger partial charge in [0.05, 0.1) is 6.20 Å². The van der Waals surface area contributed by atoms with Gasteiger partial charge in [0.2, 0.25) is 5.95 Å². The highest BCUT2D eigenvalue weighted by Crippen LogP contribution is 2.24. The molecule has 1 aromatic heterocycles. The number of nitrogens with zero attached hydrogens (tertiary/aromatic N) is 4. The van der Waals surface area contributed by atoms with E-state index in [1.54, 1.807) is 6.20 Å². The summed E-state index contributed by atoms with van der Waals surface area (Å²) in [7, 11) is 0. The Morgan fingerprint density at radius 2 is 1.82 bits per heavy atom. The highest BCUT2D eigenvalue weighted by Gasteiger charge is 2.18. The van der Waals surface area contributed by atoms with E-state index in [1.165, 1.54) is 24.0 Å². The first-order valence-corrected chi connectivity index (χ1v) is 7.91. The van der Waals surface area contributed by atoms with Crippen molar-refractivity contribution in [3.05, 3.63) is 35.5 Å². The molecular weight excluding hydrogens is 274 g/mol. The zero-order valence-electron chi connectivity index (χ0n) is 13.5. The number of nitrogens with one attached hydrogen (secondary N) is 1. The Labute approximate surface area is 131 Å². The van der Waals surface area contributed by atoms with E-state index >= 15 is 0 Å². The fourth-order valence-electron chi connectivity index (χ4n) is 2.84. The van der Waals surface area contributed by atoms with Crippen LogP contribution in [0.1, 0.15) is 30.9 Å². The molecule has 2 aromatic rings. The van der Waals surface area contributed by atoms with Crippen LogP contribution in [0, 0.1) is 19.8 Å². The third kappa shape index (κ3) is 3.18. The van der Waals surface area contributed by atoms with Crippen LogP contribution in [0.3, 0.4) is 0 Å². The summed E-state index contributed by atoms with van der Waals surface area (Å²) in [5.41, 5.74) is 3.50. The Bertz CT molecular complexity index is 627. The predicted molar refractivity (Wildman–Crippen MR) is 89.6 cm³/mol. The van der Waals surface area contributed by atoms with Crippen LogP contribution in [0.15, 0.2) is 24.4 Å². The first-order valence-electron chi connectivity index (χ1n) is 7.91. The van der Waals surface area contributed by atoms with Gasteiger partial charge in [-0.25, -0.2) is 0 Å². The Hall–Kier alpha value is -2.17. The summed E-state index contributed by atoms with van der Waals surface area (Å²) in [6.45, 7) is 8.51. The van der Waals surface area contributed by atoms with Gasteiger partial charge in [-0.05, 0) is 43.7 Å². The van der Waals surface area contributed by atoms with Gasteiger partial charge in [-0.1, -0.05) is 25.1 Å². The lowest BCUT2D eigenvalue weighted by atomic mass is 10.00. The van der Waals surface area contributed by atoms with Crippen molar-refractivity contribution >= 4 is 17.5 Å². The van der Waals surface area contributed by atoms with Gasteiger partial charge in [0.25, 0.3) is 0 Å². The standard InChI is InChI=1S/C17H23N5/c1-12-7-9-22(10-8-12)17-20-15(11-18-21-17)19-16-13(2)5-4-6-14(16)3/h4-6,11-12H,7-10H2,1-3H3,(H,19,20,21). The van der Waals surface area contributed by atoms with Crippen molar-refractivity contribution < 1.29 is 0 Å². The lowest BCUT2D eigenvalue weighted by molar-refractivity contribution is 0.433. The van der Waals surface area contributed by atoms with Crippen LogP contribution in [0.5, 0.6) is 0 Å². The molecule has 3 rings (SSSR count). The third-order valence-corrected chi connectivity index (χ3v) is 4.35. The maximum absolute atomic E-state index is 4.64. The maximum Gasteiger partial charge on any atom is 0.247 e. The van der Waals surface area contributed by atoms with Crippen molar-refractivity contribution in [2.75, 3.05) is 23.3 Å². The summed E-state index contributed by atoms with van der Waals surface area (Å²) >= 11 is 0. The monoisotopic (exact) mass is 297 g/mol. The van der Waals surface area contributed by atoms with E-state index < -0.39 is 0 Å². The molecule has 1 N–H and O–H groups in total. The Balaban J connectivity index is 1.79. The molecule has 1 aromatic carbocycles. The molecule has 0 atom stereocenters. The van der Waals surface area contributed by atoms with Crippen LogP contribution in [-0.4, -0.2) is 28.3 Å². The van der Waals surface area contributed by atoms with Crippen LogP contribution in [0.4, 0.5) is 17.5 Å². The number of rotatable bonds is 3. The van der Waals surface area contributed by atoms with Gasteiger partial charge >= 0.3 is 0 Å². The van der Waals surface area contributed by atoms with Gasteiger partial charge in [0.15, 0.2) is 5.82 Å². The van der Waals surface area contributed by atoms with Crippen molar-refractivity contribution in [3.8, 4) is 0 Å². The summed E-state index contributed by atoms with van der Waals surface area (Å²) < 4.78 is 0. The fourth-order valence-corrected chi connectivity index (χ4v) is 2.84. The zero-order chi connectivity index (χ0) is 15.5. The number of para-hydroxylation sites is 1. The average Bonchev–Trinajstić information content (AvgIpc) is 2.52. The summed E-state index contributed by atoms with van der Waals surface area (Å²) in [6, 6.07) is 6.25. The highest BCUT2D eigenvalue weighted by molar-refractivity contribution is 5.64. The molecule has 0 aliphatic carbocycles. The number of benzene rings is 1. The van der Waals surface area contributed by atoms with Crippen molar-refractivity contribution in [1.82, 2.24) is 15.2 Å². The third-order valence-electron chi connectivity index (χ3n) is 4.35. The Kier molecular flexibility index (Phi) is 4.22. The topological polar surface area (TPSA) is 53.9 Å². The molecule has 1 fully saturated rings. The molecule has 0 spiro atoms. The second-order valence-electron chi connectivity index (χ2n) is 6.20. The molecule has 116 valence electrons. The molecule has 22 heavy (non-hydrogen) atoms. The minimum absolute atomic E-state index is 0.725. The summed E-state index contributed by atoms with van der Waals surface area (Å²) in [6.07, 6.45) is 4.07. The van der Waals surface area contributed by atoms with E-state index in [4.69, 9.17) is 0 Å². The van der Waals surface area contributed by atoms with E-state index in [0.717, 1.165) is 36.5 Å². The first kappa shape index (κ1) is 14.8. The SMILES string of the molecule is Cc1cccc(C)c1Nc1cnnc(N2CCC(C)CC2)n1. The zero-order valence-corrected chi connectivity index (χ0v) is 13.5. The van der Waals surface area contributed by atoms with Crippen molar-refractivity contribution in [2.45, 2.75) is 33.6 Å². The fraction of sp³-hybridized carbons (Fsp3) is 0.471. The largest absolute Gasteiger partial charge is 0.339 e. The quantitative estimate of drug-likeness (QED) is 0.940. The number of piperidine rings is 1. The van der Waals surface area contributed by atoms with Crippen molar-refractivity contribution in [2.24, 2.45) is 5.92 Å². The van der Waals surface area contributed by atoms with Crippen LogP contribution in [0.2, 0.25) is 0 Å². The van der Waals surface area contributed by atoms with Gasteiger partial charge in [-0.15, -0.1) is 5.10 Å². The van der Waals surface area contributed by atoms with E-state index in [2.05, 4.69) is 64.4 Å². The molecule has 0 amide bonds. The first-order chi connectivity index (χ1) is 10.6. The molecule has 2 heterocycles. The smallest absolute Gasteiger partial charge is 0.247 e. The van der Waals surface area contributed by atoms with Gasteiger partial charge in [0.1, 0.15) is 0 Å². The number of aromatic nitrogens is 3. The molecular formula is C17H23N5. The van der Waals surface area contributed by atoms with Crippen LogP contribution in [0.25, 0.3) is 0 Å². The normalized spacial score (nSPS) is 15.9. The molecule has 5 nitrogen and oxygen atoms in total. The van der Waals surface area contributed by atoms with Crippen LogP contribution in [-0.2, 0) is 0 Å². The molecule has 1 saturated heterocycles. The van der Waals surface area contributed by atoms with Crippen molar-refractivity contribution in [1.29, 1.82) is 0 Å². The summed E-state index contributed by atoms with van der Waals surface area (Å²) in [5, 5.41) is 11.7.